The lowest BCUT2D eigenvalue weighted by atomic mass is 10.2. The van der Waals surface area contributed by atoms with Crippen LogP contribution < -0.4 is 0 Å². The van der Waals surface area contributed by atoms with Crippen LogP contribution in [0.4, 0.5) is 4.39 Å². The third-order valence-electron chi connectivity index (χ3n) is 2.17. The van der Waals surface area contributed by atoms with E-state index in [-0.39, 0.29) is 5.82 Å². The summed E-state index contributed by atoms with van der Waals surface area (Å²) in [4.78, 5) is 4.25. The number of nitrogens with zero attached hydrogens (tertiary/aromatic N) is 1. The van der Waals surface area contributed by atoms with Gasteiger partial charge in [0.2, 0.25) is 0 Å². The summed E-state index contributed by atoms with van der Waals surface area (Å²) in [6.07, 6.45) is 2.64. The monoisotopic (exact) mass is 227 g/mol. The second-order valence-electron chi connectivity index (χ2n) is 3.37. The molecule has 15 heavy (non-hydrogen) atoms. The molecule has 0 N–H and O–H groups in total. The number of fused-ring (bicyclic) bond motifs is 1. The largest absolute Gasteiger partial charge is 0.441 e. The SMILES string of the molecule is Fc1ccc2nc(CCCCCl)oc2c1. The molecule has 0 aliphatic rings. The van der Waals surface area contributed by atoms with Gasteiger partial charge in [-0.05, 0) is 25.0 Å². The highest BCUT2D eigenvalue weighted by Crippen LogP contribution is 2.17. The van der Waals surface area contributed by atoms with Crippen molar-refractivity contribution < 1.29 is 8.81 Å². The van der Waals surface area contributed by atoms with E-state index in [1.54, 1.807) is 6.07 Å². The van der Waals surface area contributed by atoms with Crippen molar-refractivity contribution >= 4 is 22.7 Å². The zero-order valence-electron chi connectivity index (χ0n) is 8.17. The molecule has 0 radical (unpaired) electrons. The summed E-state index contributed by atoms with van der Waals surface area (Å²) in [6, 6.07) is 4.36. The Morgan fingerprint density at radius 3 is 3.00 bits per heavy atom. The summed E-state index contributed by atoms with van der Waals surface area (Å²) in [5.41, 5.74) is 1.22. The van der Waals surface area contributed by atoms with Crippen molar-refractivity contribution in [3.63, 3.8) is 0 Å². The van der Waals surface area contributed by atoms with E-state index in [9.17, 15) is 4.39 Å². The van der Waals surface area contributed by atoms with E-state index in [1.165, 1.54) is 12.1 Å². The average Bonchev–Trinajstić information content (AvgIpc) is 2.60. The minimum Gasteiger partial charge on any atom is -0.441 e. The molecule has 1 aromatic heterocycles. The summed E-state index contributed by atoms with van der Waals surface area (Å²) < 4.78 is 18.2. The van der Waals surface area contributed by atoms with Crippen LogP contribution in [0, 0.1) is 5.82 Å². The Kier molecular flexibility index (Phi) is 3.21. The fourth-order valence-corrected chi connectivity index (χ4v) is 1.61. The Morgan fingerprint density at radius 2 is 2.20 bits per heavy atom. The van der Waals surface area contributed by atoms with E-state index >= 15 is 0 Å². The third-order valence-corrected chi connectivity index (χ3v) is 2.44. The van der Waals surface area contributed by atoms with Gasteiger partial charge in [0, 0.05) is 18.4 Å². The van der Waals surface area contributed by atoms with Gasteiger partial charge < -0.3 is 4.42 Å². The first-order chi connectivity index (χ1) is 7.29. The third kappa shape index (κ3) is 2.48. The maximum atomic E-state index is 12.8. The van der Waals surface area contributed by atoms with E-state index < -0.39 is 0 Å². The van der Waals surface area contributed by atoms with E-state index in [2.05, 4.69) is 4.98 Å². The summed E-state index contributed by atoms with van der Waals surface area (Å²) >= 11 is 5.57. The first-order valence-corrected chi connectivity index (χ1v) is 5.44. The lowest BCUT2D eigenvalue weighted by Crippen LogP contribution is -1.85. The first kappa shape index (κ1) is 10.4. The Bertz CT molecular complexity index is 455. The molecule has 2 aromatic rings. The number of rotatable bonds is 4. The molecule has 0 bridgehead atoms. The molecule has 80 valence electrons. The summed E-state index contributed by atoms with van der Waals surface area (Å²) in [5, 5.41) is 0. The normalized spacial score (nSPS) is 11.1. The summed E-state index contributed by atoms with van der Waals surface area (Å²) in [7, 11) is 0. The van der Waals surface area contributed by atoms with Crippen LogP contribution in [0.5, 0.6) is 0 Å². The summed E-state index contributed by atoms with van der Waals surface area (Å²) in [5.74, 6) is 1.00. The van der Waals surface area contributed by atoms with Gasteiger partial charge >= 0.3 is 0 Å². The second-order valence-corrected chi connectivity index (χ2v) is 3.74. The van der Waals surface area contributed by atoms with Crippen LogP contribution in [0.25, 0.3) is 11.1 Å². The molecule has 0 aliphatic carbocycles. The van der Waals surface area contributed by atoms with Crippen LogP contribution in [0.2, 0.25) is 0 Å². The molecule has 4 heteroatoms. The number of halogens is 2. The second kappa shape index (κ2) is 4.62. The van der Waals surface area contributed by atoms with Crippen LogP contribution in [-0.2, 0) is 6.42 Å². The zero-order chi connectivity index (χ0) is 10.7. The number of oxazole rings is 1. The fourth-order valence-electron chi connectivity index (χ4n) is 1.42. The molecule has 1 heterocycles. The van der Waals surface area contributed by atoms with Gasteiger partial charge in [0.15, 0.2) is 11.5 Å². The molecule has 0 aliphatic heterocycles. The molecule has 0 fully saturated rings. The van der Waals surface area contributed by atoms with Crippen molar-refractivity contribution in [1.29, 1.82) is 0 Å². The van der Waals surface area contributed by atoms with Gasteiger partial charge in [-0.2, -0.15) is 0 Å². The number of unbranched alkanes of at least 4 members (excludes halogenated alkanes) is 1. The topological polar surface area (TPSA) is 26.0 Å². The Hall–Kier alpha value is -1.09. The molecule has 2 nitrogen and oxygen atoms in total. The molecule has 0 unspecified atom stereocenters. The van der Waals surface area contributed by atoms with Crippen molar-refractivity contribution in [2.75, 3.05) is 5.88 Å². The van der Waals surface area contributed by atoms with E-state index in [1.807, 2.05) is 0 Å². The van der Waals surface area contributed by atoms with Crippen LogP contribution >= 0.6 is 11.6 Å². The highest BCUT2D eigenvalue weighted by molar-refractivity contribution is 6.17. The molecule has 0 saturated carbocycles. The fraction of sp³-hybridized carbons (Fsp3) is 0.364. The maximum absolute atomic E-state index is 12.8. The van der Waals surface area contributed by atoms with E-state index in [4.69, 9.17) is 16.0 Å². The number of aryl methyl sites for hydroxylation is 1. The van der Waals surface area contributed by atoms with Crippen molar-refractivity contribution in [2.24, 2.45) is 0 Å². The van der Waals surface area contributed by atoms with Crippen LogP contribution in [0.1, 0.15) is 18.7 Å². The van der Waals surface area contributed by atoms with Crippen molar-refractivity contribution in [1.82, 2.24) is 4.98 Å². The first-order valence-electron chi connectivity index (χ1n) is 4.90. The summed E-state index contributed by atoms with van der Waals surface area (Å²) in [6.45, 7) is 0. The quantitative estimate of drug-likeness (QED) is 0.590. The smallest absolute Gasteiger partial charge is 0.195 e. The van der Waals surface area contributed by atoms with Gasteiger partial charge in [-0.15, -0.1) is 11.6 Å². The minimum absolute atomic E-state index is 0.300. The standard InChI is InChI=1S/C11H11ClFNO/c12-6-2-1-3-11-14-9-5-4-8(13)7-10(9)15-11/h4-5,7H,1-3,6H2. The molecule has 1 aromatic carbocycles. The van der Waals surface area contributed by atoms with E-state index in [0.29, 0.717) is 22.9 Å². The highest BCUT2D eigenvalue weighted by Gasteiger charge is 2.05. The van der Waals surface area contributed by atoms with Gasteiger partial charge in [0.1, 0.15) is 11.3 Å². The number of benzene rings is 1. The molecular weight excluding hydrogens is 217 g/mol. The minimum atomic E-state index is -0.300. The highest BCUT2D eigenvalue weighted by atomic mass is 35.5. The van der Waals surface area contributed by atoms with Crippen LogP contribution in [-0.4, -0.2) is 10.9 Å². The van der Waals surface area contributed by atoms with Crippen LogP contribution in [0.15, 0.2) is 22.6 Å². The molecule has 0 atom stereocenters. The average molecular weight is 228 g/mol. The van der Waals surface area contributed by atoms with Gasteiger partial charge in [-0.3, -0.25) is 0 Å². The zero-order valence-corrected chi connectivity index (χ0v) is 8.93. The predicted octanol–water partition coefficient (Wildman–Crippen LogP) is 3.53. The molecular formula is C11H11ClFNO. The Balaban J connectivity index is 2.16. The van der Waals surface area contributed by atoms with Crippen molar-refractivity contribution in [3.8, 4) is 0 Å². The molecule has 0 amide bonds. The van der Waals surface area contributed by atoms with E-state index in [0.717, 1.165) is 19.3 Å². The number of aromatic nitrogens is 1. The lowest BCUT2D eigenvalue weighted by Gasteiger charge is -1.91. The van der Waals surface area contributed by atoms with Gasteiger partial charge in [0.25, 0.3) is 0 Å². The van der Waals surface area contributed by atoms with Gasteiger partial charge in [0.05, 0.1) is 0 Å². The lowest BCUT2D eigenvalue weighted by molar-refractivity contribution is 0.515. The van der Waals surface area contributed by atoms with Gasteiger partial charge in [-0.25, -0.2) is 9.37 Å². The Morgan fingerprint density at radius 1 is 1.33 bits per heavy atom. The predicted molar refractivity (Wildman–Crippen MR) is 57.6 cm³/mol. The molecule has 2 rings (SSSR count). The van der Waals surface area contributed by atoms with Crippen LogP contribution in [0.3, 0.4) is 0 Å². The van der Waals surface area contributed by atoms with Gasteiger partial charge in [-0.1, -0.05) is 0 Å². The number of alkyl halides is 1. The Labute approximate surface area is 92.1 Å². The van der Waals surface area contributed by atoms with Crippen molar-refractivity contribution in [3.05, 3.63) is 29.9 Å². The number of hydrogen-bond acceptors (Lipinski definition) is 2. The molecule has 0 spiro atoms. The molecule has 0 saturated heterocycles. The van der Waals surface area contributed by atoms with Crippen molar-refractivity contribution in [2.45, 2.75) is 19.3 Å². The maximum Gasteiger partial charge on any atom is 0.195 e. The number of hydrogen-bond donors (Lipinski definition) is 0.